The minimum Gasteiger partial charge on any atom is -0.462 e. The van der Waals surface area contributed by atoms with Crippen LogP contribution in [0, 0.1) is 0 Å². The number of benzene rings is 1. The summed E-state index contributed by atoms with van der Waals surface area (Å²) in [5, 5.41) is 0.795. The molecule has 1 saturated heterocycles. The Balaban J connectivity index is 2.32. The summed E-state index contributed by atoms with van der Waals surface area (Å²) < 4.78 is 11.4. The van der Waals surface area contributed by atoms with Gasteiger partial charge in [-0.05, 0) is 47.3 Å². The zero-order chi connectivity index (χ0) is 17.2. The molecule has 24 heavy (non-hydrogen) atoms. The van der Waals surface area contributed by atoms with Crippen molar-refractivity contribution >= 4 is 39.1 Å². The highest BCUT2D eigenvalue weighted by molar-refractivity contribution is 9.10. The van der Waals surface area contributed by atoms with Crippen molar-refractivity contribution < 1.29 is 19.1 Å². The molecule has 0 N–H and O–H groups in total. The number of aromatic nitrogens is 1. The van der Waals surface area contributed by atoms with Crippen molar-refractivity contribution in [3.63, 3.8) is 0 Å². The Labute approximate surface area is 148 Å². The molecule has 0 atom stereocenters. The van der Waals surface area contributed by atoms with E-state index >= 15 is 0 Å². The SMILES string of the molecule is CCOC(=O)c1cnc2c(Br)cccc2c1C1(C=O)CCOCC1. The van der Waals surface area contributed by atoms with Crippen LogP contribution < -0.4 is 0 Å². The number of hydrogen-bond acceptors (Lipinski definition) is 5. The van der Waals surface area contributed by atoms with E-state index in [9.17, 15) is 9.59 Å². The molecule has 0 amide bonds. The monoisotopic (exact) mass is 391 g/mol. The quantitative estimate of drug-likeness (QED) is 0.589. The molecule has 0 aliphatic carbocycles. The lowest BCUT2D eigenvalue weighted by molar-refractivity contribution is -0.115. The summed E-state index contributed by atoms with van der Waals surface area (Å²) in [5.74, 6) is -0.449. The Morgan fingerprint density at radius 2 is 2.17 bits per heavy atom. The lowest BCUT2D eigenvalue weighted by Crippen LogP contribution is -2.37. The molecule has 0 bridgehead atoms. The van der Waals surface area contributed by atoms with Gasteiger partial charge in [-0.3, -0.25) is 4.98 Å². The van der Waals surface area contributed by atoms with Gasteiger partial charge in [0.15, 0.2) is 0 Å². The highest BCUT2D eigenvalue weighted by Gasteiger charge is 2.39. The van der Waals surface area contributed by atoms with Crippen molar-refractivity contribution in [2.45, 2.75) is 25.2 Å². The number of pyridine rings is 1. The van der Waals surface area contributed by atoms with Crippen LogP contribution in [0.1, 0.15) is 35.7 Å². The van der Waals surface area contributed by atoms with E-state index in [4.69, 9.17) is 9.47 Å². The molecule has 1 aromatic carbocycles. The van der Waals surface area contributed by atoms with Gasteiger partial charge in [0.1, 0.15) is 6.29 Å². The van der Waals surface area contributed by atoms with Crippen molar-refractivity contribution in [1.82, 2.24) is 4.98 Å². The molecule has 2 aromatic rings. The summed E-state index contributed by atoms with van der Waals surface area (Å²) in [7, 11) is 0. The molecule has 0 radical (unpaired) electrons. The lowest BCUT2D eigenvalue weighted by Gasteiger charge is -2.34. The predicted molar refractivity (Wildman–Crippen MR) is 93.2 cm³/mol. The number of rotatable bonds is 4. The molecule has 0 unspecified atom stereocenters. The Morgan fingerprint density at radius 1 is 1.42 bits per heavy atom. The normalized spacial score (nSPS) is 16.8. The van der Waals surface area contributed by atoms with Gasteiger partial charge >= 0.3 is 5.97 Å². The number of aldehydes is 1. The molecule has 0 saturated carbocycles. The van der Waals surface area contributed by atoms with E-state index in [1.807, 2.05) is 18.2 Å². The van der Waals surface area contributed by atoms with Crippen LogP contribution in [0.4, 0.5) is 0 Å². The van der Waals surface area contributed by atoms with Crippen LogP contribution >= 0.6 is 15.9 Å². The van der Waals surface area contributed by atoms with Crippen molar-refractivity contribution in [1.29, 1.82) is 0 Å². The number of esters is 1. The summed E-state index contributed by atoms with van der Waals surface area (Å²) in [6.07, 6.45) is 3.54. The number of ether oxygens (including phenoxy) is 2. The van der Waals surface area contributed by atoms with E-state index < -0.39 is 11.4 Å². The average Bonchev–Trinajstić information content (AvgIpc) is 2.62. The fourth-order valence-electron chi connectivity index (χ4n) is 3.25. The average molecular weight is 392 g/mol. The number of carbonyl (C=O) groups excluding carboxylic acids is 2. The summed E-state index contributed by atoms with van der Waals surface area (Å²) in [4.78, 5) is 29.0. The highest BCUT2D eigenvalue weighted by Crippen LogP contribution is 2.40. The maximum Gasteiger partial charge on any atom is 0.340 e. The fourth-order valence-corrected chi connectivity index (χ4v) is 3.72. The minimum atomic E-state index is -0.762. The predicted octanol–water partition coefficient (Wildman–Crippen LogP) is 3.42. The van der Waals surface area contributed by atoms with Gasteiger partial charge in [0.25, 0.3) is 0 Å². The second-order valence-corrected chi connectivity index (χ2v) is 6.64. The molecular weight excluding hydrogens is 374 g/mol. The van der Waals surface area contributed by atoms with Gasteiger partial charge in [-0.25, -0.2) is 4.79 Å². The number of hydrogen-bond donors (Lipinski definition) is 0. The number of para-hydroxylation sites is 1. The van der Waals surface area contributed by atoms with Crippen molar-refractivity contribution in [3.05, 3.63) is 40.0 Å². The van der Waals surface area contributed by atoms with E-state index in [1.54, 1.807) is 6.92 Å². The molecule has 1 fully saturated rings. The van der Waals surface area contributed by atoms with E-state index in [-0.39, 0.29) is 6.61 Å². The molecule has 1 aliphatic rings. The maximum absolute atomic E-state index is 12.5. The maximum atomic E-state index is 12.5. The van der Waals surface area contributed by atoms with Gasteiger partial charge in [-0.2, -0.15) is 0 Å². The molecule has 3 rings (SSSR count). The number of carbonyl (C=O) groups is 2. The first kappa shape index (κ1) is 17.0. The molecule has 2 heterocycles. The first-order chi connectivity index (χ1) is 11.6. The van der Waals surface area contributed by atoms with Gasteiger partial charge in [0.05, 0.1) is 23.1 Å². The Kier molecular flexibility index (Phi) is 4.96. The zero-order valence-electron chi connectivity index (χ0n) is 13.4. The largest absolute Gasteiger partial charge is 0.462 e. The zero-order valence-corrected chi connectivity index (χ0v) is 15.0. The van der Waals surface area contributed by atoms with Crippen LogP contribution in [0.25, 0.3) is 10.9 Å². The molecule has 1 aromatic heterocycles. The standard InChI is InChI=1S/C18H18BrNO4/c1-2-24-17(22)13-10-20-16-12(4-3-5-14(16)19)15(13)18(11-21)6-8-23-9-7-18/h3-5,10-11H,2,6-9H2,1H3. The first-order valence-electron chi connectivity index (χ1n) is 7.92. The third-order valence-corrected chi connectivity index (χ3v) is 5.09. The van der Waals surface area contributed by atoms with E-state index in [0.717, 1.165) is 21.7 Å². The summed E-state index contributed by atoms with van der Waals surface area (Å²) >= 11 is 3.50. The van der Waals surface area contributed by atoms with Crippen LogP contribution in [-0.4, -0.2) is 37.1 Å². The number of halogens is 1. The van der Waals surface area contributed by atoms with Gasteiger partial charge in [-0.15, -0.1) is 0 Å². The van der Waals surface area contributed by atoms with E-state index in [0.29, 0.717) is 37.2 Å². The molecule has 126 valence electrons. The third-order valence-electron chi connectivity index (χ3n) is 4.45. The van der Waals surface area contributed by atoms with Gasteiger partial charge < -0.3 is 14.3 Å². The molecule has 5 nitrogen and oxygen atoms in total. The van der Waals surface area contributed by atoms with Crippen LogP contribution in [-0.2, 0) is 19.7 Å². The first-order valence-corrected chi connectivity index (χ1v) is 8.71. The number of fused-ring (bicyclic) bond motifs is 1. The minimum absolute atomic E-state index is 0.270. The van der Waals surface area contributed by atoms with Gasteiger partial charge in [-0.1, -0.05) is 12.1 Å². The van der Waals surface area contributed by atoms with Crippen LogP contribution in [0.2, 0.25) is 0 Å². The Morgan fingerprint density at radius 3 is 2.83 bits per heavy atom. The summed E-state index contributed by atoms with van der Waals surface area (Å²) in [6, 6.07) is 5.66. The van der Waals surface area contributed by atoms with Gasteiger partial charge in [0.2, 0.25) is 0 Å². The van der Waals surface area contributed by atoms with Crippen molar-refractivity contribution in [3.8, 4) is 0 Å². The number of nitrogens with zero attached hydrogens (tertiary/aromatic N) is 1. The Hall–Kier alpha value is -1.79. The van der Waals surface area contributed by atoms with Crippen LogP contribution in [0.3, 0.4) is 0 Å². The van der Waals surface area contributed by atoms with Crippen LogP contribution in [0.5, 0.6) is 0 Å². The highest BCUT2D eigenvalue weighted by atomic mass is 79.9. The van der Waals surface area contributed by atoms with E-state index in [1.165, 1.54) is 6.20 Å². The molecule has 0 spiro atoms. The second-order valence-electron chi connectivity index (χ2n) is 5.79. The van der Waals surface area contributed by atoms with Crippen molar-refractivity contribution in [2.24, 2.45) is 0 Å². The second kappa shape index (κ2) is 6.99. The van der Waals surface area contributed by atoms with Crippen LogP contribution in [0.15, 0.2) is 28.9 Å². The summed E-state index contributed by atoms with van der Waals surface area (Å²) in [5.41, 5.74) is 1.03. The topological polar surface area (TPSA) is 65.5 Å². The summed E-state index contributed by atoms with van der Waals surface area (Å²) in [6.45, 7) is 3.00. The van der Waals surface area contributed by atoms with E-state index in [2.05, 4.69) is 20.9 Å². The molecule has 6 heteroatoms. The van der Waals surface area contributed by atoms with Crippen molar-refractivity contribution in [2.75, 3.05) is 19.8 Å². The fraction of sp³-hybridized carbons (Fsp3) is 0.389. The smallest absolute Gasteiger partial charge is 0.340 e. The Bertz CT molecular complexity index is 784. The molecular formula is C18H18BrNO4. The molecule has 1 aliphatic heterocycles. The third kappa shape index (κ3) is 2.84. The lowest BCUT2D eigenvalue weighted by atomic mass is 9.72. The van der Waals surface area contributed by atoms with Gasteiger partial charge in [0, 0.05) is 29.3 Å².